The topological polar surface area (TPSA) is 34.0 Å². The molecule has 2 heterocycles. The van der Waals surface area contributed by atoms with E-state index in [0.717, 1.165) is 28.8 Å². The van der Waals surface area contributed by atoms with Crippen LogP contribution in [0.4, 0.5) is 0 Å². The summed E-state index contributed by atoms with van der Waals surface area (Å²) in [4.78, 5) is 7.04. The van der Waals surface area contributed by atoms with E-state index in [1.54, 1.807) is 0 Å². The fourth-order valence-corrected chi connectivity index (χ4v) is 2.94. The summed E-state index contributed by atoms with van der Waals surface area (Å²) >= 11 is 0. The molecule has 120 valence electrons. The molecule has 0 saturated heterocycles. The third-order valence-electron chi connectivity index (χ3n) is 4.53. The van der Waals surface area contributed by atoms with E-state index in [0.29, 0.717) is 6.04 Å². The molecule has 1 atom stereocenters. The Hall–Kier alpha value is -2.20. The van der Waals surface area contributed by atoms with Gasteiger partial charge in [-0.2, -0.15) is 5.10 Å². The van der Waals surface area contributed by atoms with Crippen molar-refractivity contribution in [3.8, 4) is 11.3 Å². The van der Waals surface area contributed by atoms with Crippen LogP contribution in [0.25, 0.3) is 22.3 Å². The predicted octanol–water partition coefficient (Wildman–Crippen LogP) is 4.05. The van der Waals surface area contributed by atoms with Gasteiger partial charge in [-0.25, -0.2) is 4.98 Å². The molecule has 4 nitrogen and oxygen atoms in total. The molecule has 3 aromatic rings. The molecule has 0 fully saturated rings. The van der Waals surface area contributed by atoms with Crippen molar-refractivity contribution in [1.82, 2.24) is 19.7 Å². The Kier molecular flexibility index (Phi) is 4.18. The molecule has 0 amide bonds. The third-order valence-corrected chi connectivity index (χ3v) is 4.53. The minimum atomic E-state index is 0.377. The molecule has 0 aliphatic carbocycles. The average Bonchev–Trinajstić information content (AvgIpc) is 2.97. The summed E-state index contributed by atoms with van der Waals surface area (Å²) in [7, 11) is 4.20. The van der Waals surface area contributed by atoms with Gasteiger partial charge in [-0.1, -0.05) is 18.2 Å². The number of aryl methyl sites for hydroxylation is 2. The Morgan fingerprint density at radius 3 is 2.70 bits per heavy atom. The van der Waals surface area contributed by atoms with Gasteiger partial charge in [0.25, 0.3) is 0 Å². The lowest BCUT2D eigenvalue weighted by Gasteiger charge is -2.20. The van der Waals surface area contributed by atoms with Crippen LogP contribution in [0.15, 0.2) is 36.5 Å². The first-order chi connectivity index (χ1) is 11.0. The highest BCUT2D eigenvalue weighted by molar-refractivity contribution is 5.81. The summed E-state index contributed by atoms with van der Waals surface area (Å²) in [5, 5.41) is 4.43. The minimum absolute atomic E-state index is 0.377. The first-order valence-corrected chi connectivity index (χ1v) is 8.11. The molecule has 3 rings (SSSR count). The lowest BCUT2D eigenvalue weighted by molar-refractivity contribution is 0.321. The summed E-state index contributed by atoms with van der Waals surface area (Å²) < 4.78 is 2.01. The predicted molar refractivity (Wildman–Crippen MR) is 95.5 cm³/mol. The van der Waals surface area contributed by atoms with E-state index in [-0.39, 0.29) is 0 Å². The van der Waals surface area contributed by atoms with Crippen LogP contribution in [0.1, 0.15) is 31.0 Å². The normalized spacial score (nSPS) is 13.0. The third kappa shape index (κ3) is 2.86. The molecule has 1 unspecified atom stereocenters. The zero-order valence-electron chi connectivity index (χ0n) is 14.5. The molecule has 0 aliphatic heterocycles. The van der Waals surface area contributed by atoms with Crippen molar-refractivity contribution in [3.63, 3.8) is 0 Å². The van der Waals surface area contributed by atoms with Gasteiger partial charge in [-0.15, -0.1) is 0 Å². The lowest BCUT2D eigenvalue weighted by atomic mass is 10.0. The summed E-state index contributed by atoms with van der Waals surface area (Å²) in [5.74, 6) is 0. The quantitative estimate of drug-likeness (QED) is 0.729. The van der Waals surface area contributed by atoms with Crippen LogP contribution in [0, 0.1) is 6.92 Å². The van der Waals surface area contributed by atoms with Gasteiger partial charge in [-0.3, -0.25) is 4.68 Å². The van der Waals surface area contributed by atoms with Crippen molar-refractivity contribution < 1.29 is 0 Å². The molecule has 0 spiro atoms. The monoisotopic (exact) mass is 308 g/mol. The smallest absolute Gasteiger partial charge is 0.109 e. The molecule has 4 heteroatoms. The highest BCUT2D eigenvalue weighted by Crippen LogP contribution is 2.27. The van der Waals surface area contributed by atoms with Crippen LogP contribution in [-0.4, -0.2) is 33.8 Å². The minimum Gasteiger partial charge on any atom is -0.303 e. The summed E-state index contributed by atoms with van der Waals surface area (Å²) in [6, 6.07) is 11.2. The maximum atomic E-state index is 4.82. The Morgan fingerprint density at radius 1 is 1.22 bits per heavy atom. The Bertz CT molecular complexity index is 833. The SMILES string of the molecule is CCn1ncc2nc(-c3cccc(C(C)N(C)C)c3)cc(C)c21. The Balaban J connectivity index is 2.08. The maximum absolute atomic E-state index is 4.82. The van der Waals surface area contributed by atoms with E-state index in [1.165, 1.54) is 11.1 Å². The number of hydrogen-bond donors (Lipinski definition) is 0. The summed E-state index contributed by atoms with van der Waals surface area (Å²) in [6.07, 6.45) is 1.86. The molecule has 1 aromatic carbocycles. The van der Waals surface area contributed by atoms with Crippen molar-refractivity contribution in [2.24, 2.45) is 0 Å². The number of hydrogen-bond acceptors (Lipinski definition) is 3. The van der Waals surface area contributed by atoms with Crippen LogP contribution in [0.2, 0.25) is 0 Å². The van der Waals surface area contributed by atoms with Crippen LogP contribution < -0.4 is 0 Å². The van der Waals surface area contributed by atoms with Crippen molar-refractivity contribution in [2.75, 3.05) is 14.1 Å². The zero-order valence-corrected chi connectivity index (χ0v) is 14.5. The van der Waals surface area contributed by atoms with Gasteiger partial charge in [-0.05, 0) is 58.1 Å². The second-order valence-electron chi connectivity index (χ2n) is 6.28. The van der Waals surface area contributed by atoms with E-state index in [1.807, 2.05) is 10.9 Å². The Morgan fingerprint density at radius 2 is 2.00 bits per heavy atom. The first-order valence-electron chi connectivity index (χ1n) is 8.11. The lowest BCUT2D eigenvalue weighted by Crippen LogP contribution is -2.16. The molecule has 0 saturated carbocycles. The van der Waals surface area contributed by atoms with E-state index >= 15 is 0 Å². The molecular weight excluding hydrogens is 284 g/mol. The van der Waals surface area contributed by atoms with Gasteiger partial charge in [0, 0.05) is 18.2 Å². The Labute approximate surface area is 137 Å². The molecule has 0 N–H and O–H groups in total. The van der Waals surface area contributed by atoms with Crippen LogP contribution >= 0.6 is 0 Å². The number of aromatic nitrogens is 3. The van der Waals surface area contributed by atoms with Gasteiger partial charge in [0.2, 0.25) is 0 Å². The van der Waals surface area contributed by atoms with E-state index in [9.17, 15) is 0 Å². The standard InChI is InChI=1S/C19H24N4/c1-6-23-19-13(2)10-17(21-18(19)12-20-23)16-9-7-8-15(11-16)14(3)22(4)5/h7-12,14H,6H2,1-5H3. The highest BCUT2D eigenvalue weighted by atomic mass is 15.3. The number of fused-ring (bicyclic) bond motifs is 1. The number of pyridine rings is 1. The number of rotatable bonds is 4. The van der Waals surface area contributed by atoms with Crippen LogP contribution in [-0.2, 0) is 6.54 Å². The summed E-state index contributed by atoms with van der Waals surface area (Å²) in [5.41, 5.74) is 6.79. The molecule has 0 radical (unpaired) electrons. The van der Waals surface area contributed by atoms with Gasteiger partial charge in [0.05, 0.1) is 17.4 Å². The molecule has 23 heavy (non-hydrogen) atoms. The fraction of sp³-hybridized carbons (Fsp3) is 0.368. The second-order valence-corrected chi connectivity index (χ2v) is 6.28. The van der Waals surface area contributed by atoms with Crippen LogP contribution in [0.3, 0.4) is 0 Å². The van der Waals surface area contributed by atoms with Gasteiger partial charge < -0.3 is 4.90 Å². The maximum Gasteiger partial charge on any atom is 0.109 e. The van der Waals surface area contributed by atoms with Gasteiger partial charge in [0.1, 0.15) is 5.52 Å². The van der Waals surface area contributed by atoms with Gasteiger partial charge in [0.15, 0.2) is 0 Å². The number of benzene rings is 1. The highest BCUT2D eigenvalue weighted by Gasteiger charge is 2.12. The zero-order chi connectivity index (χ0) is 16.6. The van der Waals surface area contributed by atoms with E-state index in [2.05, 4.69) is 75.2 Å². The van der Waals surface area contributed by atoms with Crippen molar-refractivity contribution in [3.05, 3.63) is 47.7 Å². The molecule has 0 aliphatic rings. The van der Waals surface area contributed by atoms with Gasteiger partial charge >= 0.3 is 0 Å². The summed E-state index contributed by atoms with van der Waals surface area (Å²) in [6.45, 7) is 7.31. The van der Waals surface area contributed by atoms with Crippen molar-refractivity contribution >= 4 is 11.0 Å². The van der Waals surface area contributed by atoms with E-state index < -0.39 is 0 Å². The molecular formula is C19H24N4. The fourth-order valence-electron chi connectivity index (χ4n) is 2.94. The van der Waals surface area contributed by atoms with Crippen molar-refractivity contribution in [2.45, 2.75) is 33.4 Å². The molecule has 0 bridgehead atoms. The first kappa shape index (κ1) is 15.7. The average molecular weight is 308 g/mol. The number of nitrogens with zero attached hydrogens (tertiary/aromatic N) is 4. The van der Waals surface area contributed by atoms with E-state index in [4.69, 9.17) is 4.98 Å². The second kappa shape index (κ2) is 6.13. The van der Waals surface area contributed by atoms with Crippen LogP contribution in [0.5, 0.6) is 0 Å². The van der Waals surface area contributed by atoms with Crippen molar-refractivity contribution in [1.29, 1.82) is 0 Å². The molecule has 2 aromatic heterocycles. The largest absolute Gasteiger partial charge is 0.303 e.